The van der Waals surface area contributed by atoms with Gasteiger partial charge in [0.1, 0.15) is 6.10 Å². The Hall–Kier alpha value is -1.15. The van der Waals surface area contributed by atoms with E-state index < -0.39 is 72.4 Å². The molecule has 1 aliphatic heterocycles. The number of ether oxygens (including phenoxy) is 1. The minimum atomic E-state index is -0.687. The molecule has 0 aliphatic carbocycles. The van der Waals surface area contributed by atoms with Gasteiger partial charge in [-0.25, -0.2) is 4.79 Å². The van der Waals surface area contributed by atoms with Crippen molar-refractivity contribution in [1.29, 1.82) is 0 Å². The molecule has 0 amide bonds. The van der Waals surface area contributed by atoms with Gasteiger partial charge in [-0.2, -0.15) is 0 Å². The Labute approximate surface area is 333 Å². The molecule has 0 aromatic carbocycles. The molecule has 1 rings (SSSR count). The second kappa shape index (κ2) is 30.0. The number of carbonyl (C=O) groups is 1. The molecule has 0 bridgehead atoms. The van der Waals surface area contributed by atoms with Gasteiger partial charge in [-0.15, -0.1) is 0 Å². The van der Waals surface area contributed by atoms with Crippen molar-refractivity contribution in [3.05, 3.63) is 11.6 Å². The van der Waals surface area contributed by atoms with Crippen LogP contribution >= 0.6 is 0 Å². The average Bonchev–Trinajstić information content (AvgIpc) is 3.07. The minimum absolute atomic E-state index is 0.252. The molecule has 11 heteroatoms. The Morgan fingerprint density at radius 2 is 0.691 bits per heavy atom. The maximum Gasteiger partial charge on any atom is 0.330 e. The van der Waals surface area contributed by atoms with Crippen LogP contribution in [0.15, 0.2) is 11.6 Å². The third-order valence-corrected chi connectivity index (χ3v) is 11.3. The molecule has 9 N–H and O–H groups in total. The maximum absolute atomic E-state index is 12.8. The highest BCUT2D eigenvalue weighted by molar-refractivity contribution is 5.82. The fourth-order valence-corrected chi connectivity index (χ4v) is 7.55. The lowest BCUT2D eigenvalue weighted by molar-refractivity contribution is -0.150. The van der Waals surface area contributed by atoms with E-state index in [0.717, 1.165) is 5.57 Å². The molecule has 0 aromatic heterocycles. The normalized spacial score (nSPS) is 35.4. The SMILES string of the molecule is C/C1=C\C(=O)OC(C(C)(C)C)CC(O)CCCC(O)CCCC(O)CCCC(O)CCCC(O)CCCC(O)CCCC(O)CCC[C@@H](O)C[C@@H](O)CCC1. The van der Waals surface area contributed by atoms with E-state index in [2.05, 4.69) is 0 Å². The average molecular weight is 789 g/mol. The lowest BCUT2D eigenvalue weighted by atomic mass is 9.85. The van der Waals surface area contributed by atoms with Crippen molar-refractivity contribution in [3.8, 4) is 0 Å². The lowest BCUT2D eigenvalue weighted by Gasteiger charge is -2.31. The van der Waals surface area contributed by atoms with E-state index in [1.165, 1.54) is 6.08 Å². The minimum Gasteiger partial charge on any atom is -0.459 e. The highest BCUT2D eigenvalue weighted by Gasteiger charge is 2.30. The summed E-state index contributed by atoms with van der Waals surface area (Å²) >= 11 is 0. The summed E-state index contributed by atoms with van der Waals surface area (Å²) in [5.74, 6) is -0.464. The summed E-state index contributed by atoms with van der Waals surface area (Å²) in [5, 5.41) is 94.1. The molecular weight excluding hydrogens is 704 g/mol. The van der Waals surface area contributed by atoms with Gasteiger partial charge in [0.2, 0.25) is 0 Å². The Balaban J connectivity index is 2.68. The predicted molar refractivity (Wildman–Crippen MR) is 217 cm³/mol. The standard InChI is InChI=1S/C44H84O11/c1-32-13-5-26-39(51)30-40(52)27-11-24-37(49)22-9-20-35(47)18-7-16-33(45)14-6-15-34(46)17-8-19-36(48)21-10-23-38(50)25-12-28-41(53)31-42(44(2,3)4)55-43(54)29-32/h29,33-42,45-53H,5-28,30-31H2,1-4H3/b32-29+/t33?,34?,35?,36?,37?,38?,39-,40+,41?,42?/m0/s1. The first-order valence-electron chi connectivity index (χ1n) is 21.9. The van der Waals surface area contributed by atoms with Crippen molar-refractivity contribution in [1.82, 2.24) is 0 Å². The Morgan fingerprint density at radius 3 is 0.982 bits per heavy atom. The zero-order valence-electron chi connectivity index (χ0n) is 35.1. The molecule has 0 spiro atoms. The summed E-state index contributed by atoms with van der Waals surface area (Å²) < 4.78 is 5.82. The summed E-state index contributed by atoms with van der Waals surface area (Å²) in [6.45, 7) is 7.75. The number of aliphatic hydroxyl groups is 9. The van der Waals surface area contributed by atoms with Crippen molar-refractivity contribution in [2.45, 2.75) is 256 Å². The van der Waals surface area contributed by atoms with E-state index in [9.17, 15) is 50.8 Å². The largest absolute Gasteiger partial charge is 0.459 e. The zero-order valence-corrected chi connectivity index (χ0v) is 35.1. The molecule has 0 aromatic rings. The number of allylic oxidation sites excluding steroid dienone is 1. The van der Waals surface area contributed by atoms with Gasteiger partial charge in [0.05, 0.1) is 54.9 Å². The van der Waals surface area contributed by atoms with Gasteiger partial charge in [0.25, 0.3) is 0 Å². The molecule has 1 aliphatic rings. The summed E-state index contributed by atoms with van der Waals surface area (Å²) in [4.78, 5) is 12.8. The number of cyclic esters (lactones) is 1. The molecule has 0 saturated carbocycles. The van der Waals surface area contributed by atoms with E-state index >= 15 is 0 Å². The lowest BCUT2D eigenvalue weighted by Crippen LogP contribution is -2.34. The van der Waals surface area contributed by atoms with Crippen LogP contribution < -0.4 is 0 Å². The van der Waals surface area contributed by atoms with Crippen LogP contribution in [0.25, 0.3) is 0 Å². The molecule has 11 nitrogen and oxygen atoms in total. The molecule has 326 valence electrons. The van der Waals surface area contributed by atoms with Crippen molar-refractivity contribution in [2.75, 3.05) is 0 Å². The smallest absolute Gasteiger partial charge is 0.330 e. The number of hydrogen-bond acceptors (Lipinski definition) is 11. The van der Waals surface area contributed by atoms with Crippen LogP contribution in [0.1, 0.15) is 195 Å². The summed E-state index contributed by atoms with van der Waals surface area (Å²) in [6, 6.07) is 0. The second-order valence-electron chi connectivity index (χ2n) is 18.0. The van der Waals surface area contributed by atoms with Gasteiger partial charge in [-0.05, 0) is 173 Å². The van der Waals surface area contributed by atoms with Crippen molar-refractivity contribution >= 4 is 5.97 Å². The van der Waals surface area contributed by atoms with E-state index in [4.69, 9.17) is 4.74 Å². The monoisotopic (exact) mass is 789 g/mol. The quantitative estimate of drug-likeness (QED) is 0.125. The summed E-state index contributed by atoms with van der Waals surface area (Å²) in [7, 11) is 0. The highest BCUT2D eigenvalue weighted by Crippen LogP contribution is 2.28. The third-order valence-electron chi connectivity index (χ3n) is 11.3. The van der Waals surface area contributed by atoms with Crippen molar-refractivity contribution in [2.24, 2.45) is 5.41 Å². The van der Waals surface area contributed by atoms with E-state index in [1.54, 1.807) is 0 Å². The van der Waals surface area contributed by atoms with Gasteiger partial charge >= 0.3 is 5.97 Å². The Morgan fingerprint density at radius 1 is 0.436 bits per heavy atom. The van der Waals surface area contributed by atoms with Crippen molar-refractivity contribution in [3.63, 3.8) is 0 Å². The van der Waals surface area contributed by atoms with Crippen LogP contribution in [-0.4, -0.2) is 113 Å². The Kier molecular flexibility index (Phi) is 28.3. The second-order valence-corrected chi connectivity index (χ2v) is 18.0. The fourth-order valence-electron chi connectivity index (χ4n) is 7.55. The number of aliphatic hydroxyl groups excluding tert-OH is 9. The fraction of sp³-hybridized carbons (Fsp3) is 0.932. The van der Waals surface area contributed by atoms with Gasteiger partial charge in [-0.1, -0.05) is 26.3 Å². The molecule has 0 saturated heterocycles. The molecular formula is C44H84O11. The van der Waals surface area contributed by atoms with Crippen LogP contribution in [0.5, 0.6) is 0 Å². The first kappa shape index (κ1) is 51.9. The number of carbonyl (C=O) groups excluding carboxylic acids is 1. The van der Waals surface area contributed by atoms with E-state index in [0.29, 0.717) is 161 Å². The summed E-state index contributed by atoms with van der Waals surface area (Å²) in [5.41, 5.74) is 0.436. The summed E-state index contributed by atoms with van der Waals surface area (Å²) in [6.07, 6.45) is 11.0. The molecule has 0 fully saturated rings. The molecule has 10 atom stereocenters. The topological polar surface area (TPSA) is 208 Å². The Bertz CT molecular complexity index is 985. The zero-order chi connectivity index (χ0) is 41.2. The highest BCUT2D eigenvalue weighted by atomic mass is 16.5. The van der Waals surface area contributed by atoms with Gasteiger partial charge in [0.15, 0.2) is 0 Å². The van der Waals surface area contributed by atoms with E-state index in [1.807, 2.05) is 27.7 Å². The maximum atomic E-state index is 12.8. The molecule has 8 unspecified atom stereocenters. The van der Waals surface area contributed by atoms with Gasteiger partial charge in [0, 0.05) is 12.5 Å². The van der Waals surface area contributed by atoms with Crippen LogP contribution in [0.3, 0.4) is 0 Å². The first-order valence-corrected chi connectivity index (χ1v) is 21.9. The first-order chi connectivity index (χ1) is 25.9. The number of hydrogen-bond donors (Lipinski definition) is 9. The van der Waals surface area contributed by atoms with Crippen molar-refractivity contribution < 1.29 is 55.5 Å². The van der Waals surface area contributed by atoms with Crippen LogP contribution in [0.2, 0.25) is 0 Å². The number of esters is 1. The van der Waals surface area contributed by atoms with Gasteiger partial charge < -0.3 is 50.7 Å². The molecule has 55 heavy (non-hydrogen) atoms. The number of rotatable bonds is 0. The van der Waals surface area contributed by atoms with Gasteiger partial charge in [-0.3, -0.25) is 0 Å². The third kappa shape index (κ3) is 28.8. The van der Waals surface area contributed by atoms with Crippen LogP contribution in [-0.2, 0) is 9.53 Å². The molecule has 1 heterocycles. The van der Waals surface area contributed by atoms with E-state index in [-0.39, 0.29) is 6.42 Å². The van der Waals surface area contributed by atoms with Crippen LogP contribution in [0, 0.1) is 5.41 Å². The predicted octanol–water partition coefficient (Wildman–Crippen LogP) is 6.29. The van der Waals surface area contributed by atoms with Crippen LogP contribution in [0.4, 0.5) is 0 Å². The molecule has 0 radical (unpaired) electrons.